The van der Waals surface area contributed by atoms with Crippen LogP contribution in [0.1, 0.15) is 13.9 Å². The fraction of sp³-hybridized carbons (Fsp3) is 0.200. The van der Waals surface area contributed by atoms with E-state index in [4.69, 9.17) is 12.6 Å². The van der Waals surface area contributed by atoms with E-state index in [9.17, 15) is 0 Å². The fourth-order valence-corrected chi connectivity index (χ4v) is 2.11. The van der Waals surface area contributed by atoms with Gasteiger partial charge >= 0.3 is 0 Å². The SMILES string of the molecule is [2H]c1c2c(c(OCCO)c3ccccc13)C=CC2[2H]. The van der Waals surface area contributed by atoms with Gasteiger partial charge in [-0.3, -0.25) is 0 Å². The summed E-state index contributed by atoms with van der Waals surface area (Å²) in [5, 5.41) is 10.6. The number of hydrogen-bond donors (Lipinski definition) is 1. The largest absolute Gasteiger partial charge is 0.490 e. The van der Waals surface area contributed by atoms with E-state index in [1.54, 1.807) is 6.08 Å². The molecular weight excluding hydrogens is 212 g/mol. The predicted octanol–water partition coefficient (Wildman–Crippen LogP) is 2.78. The van der Waals surface area contributed by atoms with Crippen LogP contribution in [0.5, 0.6) is 5.75 Å². The van der Waals surface area contributed by atoms with E-state index in [2.05, 4.69) is 0 Å². The number of aliphatic hydroxyl groups excluding tert-OH is 1. The lowest BCUT2D eigenvalue weighted by molar-refractivity contribution is 0.202. The number of hydrogen-bond acceptors (Lipinski definition) is 2. The van der Waals surface area contributed by atoms with Crippen LogP contribution in [0.4, 0.5) is 0 Å². The molecule has 0 heterocycles. The van der Waals surface area contributed by atoms with E-state index in [-0.39, 0.29) is 13.2 Å². The van der Waals surface area contributed by atoms with Crippen molar-refractivity contribution >= 4 is 16.8 Å². The van der Waals surface area contributed by atoms with Crippen LogP contribution in [0.3, 0.4) is 0 Å². The lowest BCUT2D eigenvalue weighted by Crippen LogP contribution is -2.04. The lowest BCUT2D eigenvalue weighted by atomic mass is 10.0. The van der Waals surface area contributed by atoms with E-state index in [1.165, 1.54) is 0 Å². The van der Waals surface area contributed by atoms with Crippen LogP contribution in [0.2, 0.25) is 0 Å². The third-order valence-corrected chi connectivity index (χ3v) is 2.84. The van der Waals surface area contributed by atoms with Crippen LogP contribution in [0.15, 0.2) is 36.4 Å². The summed E-state index contributed by atoms with van der Waals surface area (Å²) in [5.74, 6) is 0.668. The quantitative estimate of drug-likeness (QED) is 0.875. The molecular formula is C15H14O2. The molecule has 1 unspecified atom stereocenters. The molecule has 2 nitrogen and oxygen atoms in total. The van der Waals surface area contributed by atoms with Crippen molar-refractivity contribution in [3.05, 3.63) is 47.5 Å². The summed E-state index contributed by atoms with van der Waals surface area (Å²) in [7, 11) is 0. The van der Waals surface area contributed by atoms with E-state index in [0.717, 1.165) is 16.3 Å². The molecule has 0 fully saturated rings. The number of benzene rings is 2. The summed E-state index contributed by atoms with van der Waals surface area (Å²) >= 11 is 0. The number of rotatable bonds is 3. The van der Waals surface area contributed by atoms with E-state index in [0.29, 0.717) is 17.4 Å². The van der Waals surface area contributed by atoms with Crippen molar-refractivity contribution in [2.24, 2.45) is 0 Å². The van der Waals surface area contributed by atoms with Crippen LogP contribution < -0.4 is 4.74 Å². The van der Waals surface area contributed by atoms with Crippen molar-refractivity contribution in [2.45, 2.75) is 6.40 Å². The fourth-order valence-electron chi connectivity index (χ4n) is 2.11. The highest BCUT2D eigenvalue weighted by Crippen LogP contribution is 2.36. The molecule has 0 bridgehead atoms. The molecule has 0 aromatic heterocycles. The maximum absolute atomic E-state index is 8.94. The molecule has 2 heteroatoms. The summed E-state index contributed by atoms with van der Waals surface area (Å²) in [6, 6.07) is 7.95. The topological polar surface area (TPSA) is 29.5 Å². The monoisotopic (exact) mass is 228 g/mol. The van der Waals surface area contributed by atoms with Crippen LogP contribution >= 0.6 is 0 Å². The summed E-state index contributed by atoms with van der Waals surface area (Å²) in [4.78, 5) is 0. The van der Waals surface area contributed by atoms with Gasteiger partial charge in [-0.1, -0.05) is 36.4 Å². The summed E-state index contributed by atoms with van der Waals surface area (Å²) in [5.41, 5.74) is 1.49. The molecule has 0 spiro atoms. The Labute approximate surface area is 103 Å². The highest BCUT2D eigenvalue weighted by Gasteiger charge is 2.14. The molecule has 1 N–H and O–H groups in total. The minimum Gasteiger partial charge on any atom is -0.490 e. The predicted molar refractivity (Wildman–Crippen MR) is 69.3 cm³/mol. The Morgan fingerprint density at radius 2 is 2.29 bits per heavy atom. The van der Waals surface area contributed by atoms with E-state index >= 15 is 0 Å². The van der Waals surface area contributed by atoms with Gasteiger partial charge in [-0.05, 0) is 23.4 Å². The van der Waals surface area contributed by atoms with Crippen molar-refractivity contribution in [2.75, 3.05) is 13.2 Å². The molecule has 2 aromatic rings. The number of ether oxygens (including phenoxy) is 1. The standard InChI is InChI=1S/C15H14O2/c16-8-9-17-15-13-6-2-1-4-11(13)10-12-5-3-7-14(12)15/h1-4,6-7,10,16H,5,8-9H2/i5D,10D. The number of aliphatic hydroxyl groups is 1. The molecule has 0 aliphatic heterocycles. The lowest BCUT2D eigenvalue weighted by Gasteiger charge is -2.13. The second-order valence-corrected chi connectivity index (χ2v) is 3.92. The Hall–Kier alpha value is -1.80. The highest BCUT2D eigenvalue weighted by molar-refractivity contribution is 5.94. The zero-order valence-electron chi connectivity index (χ0n) is 11.3. The van der Waals surface area contributed by atoms with Gasteiger partial charge < -0.3 is 9.84 Å². The average Bonchev–Trinajstić information content (AvgIpc) is 2.81. The Balaban J connectivity index is 2.32. The summed E-state index contributed by atoms with van der Waals surface area (Å²) in [6.07, 6.45) is 3.08. The van der Waals surface area contributed by atoms with Gasteiger partial charge in [0, 0.05) is 12.3 Å². The third-order valence-electron chi connectivity index (χ3n) is 2.84. The molecule has 17 heavy (non-hydrogen) atoms. The normalized spacial score (nSPS) is 19.0. The number of allylic oxidation sites excluding steroid dienone is 1. The molecule has 86 valence electrons. The van der Waals surface area contributed by atoms with Crippen molar-refractivity contribution in [1.82, 2.24) is 0 Å². The average molecular weight is 228 g/mol. The van der Waals surface area contributed by atoms with Crippen LogP contribution in [-0.2, 0) is 6.40 Å². The minimum atomic E-state index is -0.511. The van der Waals surface area contributed by atoms with Gasteiger partial charge in [0.2, 0.25) is 0 Å². The van der Waals surface area contributed by atoms with Crippen LogP contribution in [-0.4, -0.2) is 18.3 Å². The second kappa shape index (κ2) is 4.22. The Kier molecular flexibility index (Phi) is 2.07. The molecule has 3 rings (SSSR count). The molecule has 0 radical (unpaired) electrons. The van der Waals surface area contributed by atoms with E-state index < -0.39 is 6.40 Å². The van der Waals surface area contributed by atoms with Crippen molar-refractivity contribution in [1.29, 1.82) is 0 Å². The van der Waals surface area contributed by atoms with Gasteiger partial charge in [0.15, 0.2) is 0 Å². The molecule has 0 amide bonds. The molecule has 2 aromatic carbocycles. The first-order valence-electron chi connectivity index (χ1n) is 6.71. The first kappa shape index (κ1) is 8.31. The maximum atomic E-state index is 8.94. The summed E-state index contributed by atoms with van der Waals surface area (Å²) < 4.78 is 21.9. The Morgan fingerprint density at radius 1 is 1.41 bits per heavy atom. The van der Waals surface area contributed by atoms with Crippen LogP contribution in [0, 0.1) is 0 Å². The van der Waals surface area contributed by atoms with Crippen LogP contribution in [0.25, 0.3) is 16.8 Å². The highest BCUT2D eigenvalue weighted by atomic mass is 16.5. The van der Waals surface area contributed by atoms with Gasteiger partial charge in [0.1, 0.15) is 12.4 Å². The summed E-state index contributed by atoms with van der Waals surface area (Å²) in [6.45, 7) is 0.157. The van der Waals surface area contributed by atoms with Gasteiger partial charge in [0.05, 0.1) is 7.98 Å². The molecule has 1 aliphatic carbocycles. The van der Waals surface area contributed by atoms with Gasteiger partial charge in [-0.15, -0.1) is 0 Å². The van der Waals surface area contributed by atoms with Crippen molar-refractivity contribution < 1.29 is 12.6 Å². The van der Waals surface area contributed by atoms with Crippen molar-refractivity contribution in [3.8, 4) is 5.75 Å². The van der Waals surface area contributed by atoms with Gasteiger partial charge in [-0.2, -0.15) is 0 Å². The first-order chi connectivity index (χ1) is 9.24. The zero-order valence-corrected chi connectivity index (χ0v) is 9.31. The zero-order chi connectivity index (χ0) is 13.4. The molecule has 0 saturated carbocycles. The minimum absolute atomic E-state index is 0.0558. The molecule has 1 atom stereocenters. The third kappa shape index (κ3) is 1.71. The molecule has 0 saturated heterocycles. The Morgan fingerprint density at radius 3 is 3.18 bits per heavy atom. The van der Waals surface area contributed by atoms with Gasteiger partial charge in [0.25, 0.3) is 0 Å². The molecule has 1 aliphatic rings. The van der Waals surface area contributed by atoms with Gasteiger partial charge in [-0.25, -0.2) is 0 Å². The Bertz CT molecular complexity index is 665. The smallest absolute Gasteiger partial charge is 0.134 e. The van der Waals surface area contributed by atoms with E-state index in [1.807, 2.05) is 30.3 Å². The van der Waals surface area contributed by atoms with Crippen molar-refractivity contribution in [3.63, 3.8) is 0 Å². The number of fused-ring (bicyclic) bond motifs is 2. The maximum Gasteiger partial charge on any atom is 0.134 e. The first-order valence-corrected chi connectivity index (χ1v) is 5.63. The second-order valence-electron chi connectivity index (χ2n) is 3.92.